The van der Waals surface area contributed by atoms with Crippen molar-refractivity contribution in [3.8, 4) is 0 Å². The highest BCUT2D eigenvalue weighted by atomic mass is 32.2. The van der Waals surface area contributed by atoms with E-state index in [0.29, 0.717) is 5.75 Å². The van der Waals surface area contributed by atoms with Crippen LogP contribution in [0.3, 0.4) is 0 Å². The number of hydrogen-bond acceptors (Lipinski definition) is 7. The highest BCUT2D eigenvalue weighted by molar-refractivity contribution is 7.98. The second-order valence-corrected chi connectivity index (χ2v) is 10.3. The Morgan fingerprint density at radius 3 is 2.18 bits per heavy atom. The highest BCUT2D eigenvalue weighted by Gasteiger charge is 2.32. The Balaban J connectivity index is 2.30. The largest absolute Gasteiger partial charge is 0.480 e. The molecular formula is C25H36N6O6S. The number of benzene rings is 1. The number of primary amides is 1. The van der Waals surface area contributed by atoms with Crippen LogP contribution in [0.4, 0.5) is 0 Å². The van der Waals surface area contributed by atoms with Gasteiger partial charge in [0.1, 0.15) is 18.1 Å². The predicted molar refractivity (Wildman–Crippen MR) is 145 cm³/mol. The van der Waals surface area contributed by atoms with Crippen LogP contribution in [0.25, 0.3) is 10.9 Å². The summed E-state index contributed by atoms with van der Waals surface area (Å²) in [6, 6.07) is 2.72. The zero-order chi connectivity index (χ0) is 28.4. The molecule has 4 amide bonds. The average molecular weight is 549 g/mol. The maximum Gasteiger partial charge on any atom is 0.326 e. The minimum atomic E-state index is -1.45. The van der Waals surface area contributed by atoms with Gasteiger partial charge in [-0.3, -0.25) is 19.2 Å². The molecule has 208 valence electrons. The Morgan fingerprint density at radius 1 is 0.974 bits per heavy atom. The van der Waals surface area contributed by atoms with Crippen molar-refractivity contribution in [2.24, 2.45) is 17.4 Å². The standard InChI is InChI=1S/C25H36N6O6S/c1-13(2)21(27)24(35)31-18(10-14-12-28-16-7-5-4-6-15(14)16)22(33)30-19(11-20(26)32)23(34)29-17(25(36)37)8-9-38-3/h4-7,12-13,17-19,21,28H,8-11,27H2,1-3H3,(H2,26,32)(H,29,34)(H,30,33)(H,31,35)(H,36,37). The summed E-state index contributed by atoms with van der Waals surface area (Å²) in [6.45, 7) is 3.53. The molecule has 13 heteroatoms. The molecule has 1 heterocycles. The van der Waals surface area contributed by atoms with Crippen LogP contribution in [0.5, 0.6) is 0 Å². The van der Waals surface area contributed by atoms with E-state index in [4.69, 9.17) is 11.5 Å². The molecule has 0 saturated heterocycles. The molecule has 0 aliphatic rings. The summed E-state index contributed by atoms with van der Waals surface area (Å²) < 4.78 is 0. The number of hydrogen-bond donors (Lipinski definition) is 7. The molecule has 4 unspecified atom stereocenters. The first-order chi connectivity index (χ1) is 17.9. The number of carbonyl (C=O) groups is 5. The molecule has 0 saturated carbocycles. The fraction of sp³-hybridized carbons (Fsp3) is 0.480. The normalized spacial score (nSPS) is 14.3. The summed E-state index contributed by atoms with van der Waals surface area (Å²) in [4.78, 5) is 65.4. The maximum absolute atomic E-state index is 13.4. The Kier molecular flexibility index (Phi) is 11.6. The third-order valence-corrected chi connectivity index (χ3v) is 6.66. The monoisotopic (exact) mass is 548 g/mol. The van der Waals surface area contributed by atoms with Crippen molar-refractivity contribution in [2.45, 2.75) is 57.3 Å². The van der Waals surface area contributed by atoms with Crippen LogP contribution in [0.2, 0.25) is 0 Å². The fourth-order valence-corrected chi connectivity index (χ4v) is 4.22. The van der Waals surface area contributed by atoms with Crippen molar-refractivity contribution >= 4 is 52.3 Å². The summed E-state index contributed by atoms with van der Waals surface area (Å²) in [5.41, 5.74) is 12.8. The van der Waals surface area contributed by atoms with Crippen LogP contribution in [0.15, 0.2) is 30.5 Å². The third-order valence-electron chi connectivity index (χ3n) is 6.02. The minimum absolute atomic E-state index is 0.0583. The molecule has 0 spiro atoms. The van der Waals surface area contributed by atoms with E-state index in [1.807, 2.05) is 24.3 Å². The first-order valence-electron chi connectivity index (χ1n) is 12.2. The Bertz CT molecular complexity index is 1150. The number of para-hydroxylation sites is 1. The summed E-state index contributed by atoms with van der Waals surface area (Å²) in [7, 11) is 0. The second-order valence-electron chi connectivity index (χ2n) is 9.31. The molecule has 4 atom stereocenters. The van der Waals surface area contributed by atoms with Gasteiger partial charge in [0.05, 0.1) is 12.5 Å². The van der Waals surface area contributed by atoms with Crippen LogP contribution in [-0.4, -0.2) is 75.9 Å². The molecule has 0 fully saturated rings. The lowest BCUT2D eigenvalue weighted by Gasteiger charge is -2.25. The molecule has 1 aromatic carbocycles. The van der Waals surface area contributed by atoms with Crippen molar-refractivity contribution in [1.29, 1.82) is 0 Å². The molecule has 1 aromatic heterocycles. The van der Waals surface area contributed by atoms with E-state index in [1.165, 1.54) is 11.8 Å². The molecule has 38 heavy (non-hydrogen) atoms. The number of rotatable bonds is 15. The second kappa shape index (κ2) is 14.4. The van der Waals surface area contributed by atoms with Crippen molar-refractivity contribution in [3.05, 3.63) is 36.0 Å². The number of nitrogens with two attached hydrogens (primary N) is 2. The van der Waals surface area contributed by atoms with E-state index in [9.17, 15) is 29.1 Å². The number of H-pyrrole nitrogens is 1. The molecule has 2 aromatic rings. The van der Waals surface area contributed by atoms with E-state index < -0.39 is 60.2 Å². The predicted octanol–water partition coefficient (Wildman–Crippen LogP) is -0.139. The van der Waals surface area contributed by atoms with Gasteiger partial charge in [-0.05, 0) is 36.0 Å². The Hall–Kier alpha value is -3.58. The highest BCUT2D eigenvalue weighted by Crippen LogP contribution is 2.19. The smallest absolute Gasteiger partial charge is 0.326 e. The van der Waals surface area contributed by atoms with E-state index in [1.54, 1.807) is 26.3 Å². The molecule has 2 rings (SSSR count). The zero-order valence-electron chi connectivity index (χ0n) is 21.7. The van der Waals surface area contributed by atoms with Crippen molar-refractivity contribution in [1.82, 2.24) is 20.9 Å². The molecule has 0 bridgehead atoms. The van der Waals surface area contributed by atoms with E-state index in [2.05, 4.69) is 20.9 Å². The van der Waals surface area contributed by atoms with Gasteiger partial charge in [0.2, 0.25) is 23.6 Å². The topological polar surface area (TPSA) is 209 Å². The van der Waals surface area contributed by atoms with Gasteiger partial charge in [0, 0.05) is 23.5 Å². The Labute approximate surface area is 225 Å². The maximum atomic E-state index is 13.4. The molecular weight excluding hydrogens is 512 g/mol. The van der Waals surface area contributed by atoms with Crippen molar-refractivity contribution in [2.75, 3.05) is 12.0 Å². The quantitative estimate of drug-likeness (QED) is 0.159. The van der Waals surface area contributed by atoms with Crippen LogP contribution >= 0.6 is 11.8 Å². The summed E-state index contributed by atoms with van der Waals surface area (Å²) in [5, 5.41) is 17.8. The number of carbonyl (C=O) groups excluding carboxylic acids is 4. The molecule has 0 aliphatic heterocycles. The third kappa shape index (κ3) is 8.77. The lowest BCUT2D eigenvalue weighted by molar-refractivity contribution is -0.142. The number of aromatic nitrogens is 1. The molecule has 9 N–H and O–H groups in total. The molecule has 0 radical (unpaired) electrons. The van der Waals surface area contributed by atoms with Crippen molar-refractivity contribution in [3.63, 3.8) is 0 Å². The van der Waals surface area contributed by atoms with E-state index in [0.717, 1.165) is 16.5 Å². The lowest BCUT2D eigenvalue weighted by atomic mass is 10.0. The lowest BCUT2D eigenvalue weighted by Crippen LogP contribution is -2.58. The van der Waals surface area contributed by atoms with E-state index in [-0.39, 0.29) is 18.8 Å². The SMILES string of the molecule is CSCCC(NC(=O)C(CC(N)=O)NC(=O)C(Cc1c[nH]c2ccccc12)NC(=O)C(N)C(C)C)C(=O)O. The van der Waals surface area contributed by atoms with Crippen LogP contribution in [0, 0.1) is 5.92 Å². The fourth-order valence-electron chi connectivity index (χ4n) is 3.75. The van der Waals surface area contributed by atoms with Gasteiger partial charge in [-0.15, -0.1) is 0 Å². The molecule has 12 nitrogen and oxygen atoms in total. The number of carboxylic acids is 1. The number of nitrogens with one attached hydrogen (secondary N) is 4. The number of fused-ring (bicyclic) bond motifs is 1. The van der Waals surface area contributed by atoms with Gasteiger partial charge in [0.25, 0.3) is 0 Å². The average Bonchev–Trinajstić information content (AvgIpc) is 3.27. The van der Waals surface area contributed by atoms with Gasteiger partial charge in [-0.2, -0.15) is 11.8 Å². The summed E-state index contributed by atoms with van der Waals surface area (Å²) in [6.07, 6.45) is 3.15. The van der Waals surface area contributed by atoms with Crippen LogP contribution in [-0.2, 0) is 30.4 Å². The number of amides is 4. The number of carboxylic acid groups (broad SMARTS) is 1. The summed E-state index contributed by atoms with van der Waals surface area (Å²) >= 11 is 1.41. The van der Waals surface area contributed by atoms with Gasteiger partial charge in [0.15, 0.2) is 0 Å². The summed E-state index contributed by atoms with van der Waals surface area (Å²) in [5.74, 6) is -4.03. The van der Waals surface area contributed by atoms with Crippen LogP contribution in [0.1, 0.15) is 32.3 Å². The van der Waals surface area contributed by atoms with Crippen molar-refractivity contribution < 1.29 is 29.1 Å². The van der Waals surface area contributed by atoms with Gasteiger partial charge in [-0.25, -0.2) is 4.79 Å². The first kappa shape index (κ1) is 30.6. The number of aliphatic carboxylic acids is 1. The Morgan fingerprint density at radius 2 is 1.58 bits per heavy atom. The minimum Gasteiger partial charge on any atom is -0.480 e. The molecule has 0 aliphatic carbocycles. The number of thioether (sulfide) groups is 1. The van der Waals surface area contributed by atoms with Gasteiger partial charge >= 0.3 is 5.97 Å². The van der Waals surface area contributed by atoms with Crippen LogP contribution < -0.4 is 27.4 Å². The number of aromatic amines is 1. The first-order valence-corrected chi connectivity index (χ1v) is 13.6. The van der Waals surface area contributed by atoms with E-state index >= 15 is 0 Å². The van der Waals surface area contributed by atoms with Gasteiger partial charge < -0.3 is 37.5 Å². The zero-order valence-corrected chi connectivity index (χ0v) is 22.5. The van der Waals surface area contributed by atoms with Gasteiger partial charge in [-0.1, -0.05) is 32.0 Å².